The second-order valence-electron chi connectivity index (χ2n) is 5.46. The molecule has 1 aliphatic heterocycles. The minimum Gasteiger partial charge on any atom is -0.354 e. The third-order valence-corrected chi connectivity index (χ3v) is 3.90. The molecule has 0 bridgehead atoms. The molecule has 2 aromatic heterocycles. The normalized spacial score (nSPS) is 18.7. The van der Waals surface area contributed by atoms with Gasteiger partial charge in [-0.05, 0) is 31.9 Å². The third-order valence-electron chi connectivity index (χ3n) is 3.90. The maximum atomic E-state index is 12.5. The van der Waals surface area contributed by atoms with Gasteiger partial charge in [-0.2, -0.15) is 0 Å². The van der Waals surface area contributed by atoms with Gasteiger partial charge in [-0.1, -0.05) is 0 Å². The molecule has 1 unspecified atom stereocenters. The van der Waals surface area contributed by atoms with Crippen molar-refractivity contribution in [3.8, 4) is 0 Å². The van der Waals surface area contributed by atoms with Crippen LogP contribution in [0.5, 0.6) is 0 Å². The summed E-state index contributed by atoms with van der Waals surface area (Å²) in [5.74, 6) is 0.241. The van der Waals surface area contributed by atoms with Crippen LogP contribution in [0.3, 0.4) is 0 Å². The van der Waals surface area contributed by atoms with Gasteiger partial charge in [0, 0.05) is 36.5 Å². The van der Waals surface area contributed by atoms with Gasteiger partial charge in [0.05, 0.1) is 0 Å². The number of hydrogen-bond donors (Lipinski definition) is 3. The van der Waals surface area contributed by atoms with Gasteiger partial charge in [-0.3, -0.25) is 14.7 Å². The summed E-state index contributed by atoms with van der Waals surface area (Å²) in [6.07, 6.45) is 0.873. The van der Waals surface area contributed by atoms with E-state index in [2.05, 4.69) is 15.2 Å². The van der Waals surface area contributed by atoms with E-state index in [0.717, 1.165) is 23.4 Å². The fraction of sp³-hybridized carbons (Fsp3) is 0.429. The molecule has 1 saturated heterocycles. The van der Waals surface area contributed by atoms with Crippen LogP contribution in [0.4, 0.5) is 0 Å². The van der Waals surface area contributed by atoms with Gasteiger partial charge in [0.2, 0.25) is 0 Å². The number of aromatic nitrogens is 3. The Morgan fingerprint density at radius 3 is 2.70 bits per heavy atom. The van der Waals surface area contributed by atoms with Crippen molar-refractivity contribution in [3.63, 3.8) is 0 Å². The Labute approximate surface area is 116 Å². The summed E-state index contributed by atoms with van der Waals surface area (Å²) in [5.41, 5.74) is 3.40. The molecule has 3 heterocycles. The Bertz CT molecular complexity index is 694. The van der Waals surface area contributed by atoms with Gasteiger partial charge in [0.1, 0.15) is 5.69 Å². The van der Waals surface area contributed by atoms with E-state index in [9.17, 15) is 9.59 Å². The molecular formula is C14H18N4O2. The smallest absolute Gasteiger partial charge is 0.270 e. The highest BCUT2D eigenvalue weighted by Gasteiger charge is 2.30. The van der Waals surface area contributed by atoms with E-state index in [1.807, 2.05) is 24.8 Å². The third kappa shape index (κ3) is 2.17. The molecule has 106 valence electrons. The lowest BCUT2D eigenvalue weighted by Crippen LogP contribution is -2.29. The Morgan fingerprint density at radius 1 is 1.30 bits per heavy atom. The number of nitrogens with one attached hydrogen (secondary N) is 3. The standard InChI is InChI=1S/C14H18N4O2/c1-8-5-9(2)15-13(8)14(20)18-4-3-10(7-18)11-6-12(19)17-16-11/h5-6,10,15H,3-4,7H2,1-2H3,(H2,16,17,19). The van der Waals surface area contributed by atoms with E-state index < -0.39 is 0 Å². The van der Waals surface area contributed by atoms with Crippen LogP contribution >= 0.6 is 0 Å². The van der Waals surface area contributed by atoms with Crippen LogP contribution in [0.15, 0.2) is 16.9 Å². The number of aryl methyl sites for hydroxylation is 2. The first kappa shape index (κ1) is 12.8. The molecular weight excluding hydrogens is 256 g/mol. The zero-order chi connectivity index (χ0) is 14.3. The second-order valence-corrected chi connectivity index (χ2v) is 5.46. The highest BCUT2D eigenvalue weighted by atomic mass is 16.2. The number of H-pyrrole nitrogens is 3. The first-order chi connectivity index (χ1) is 9.54. The lowest BCUT2D eigenvalue weighted by Gasteiger charge is -2.16. The molecule has 2 aromatic rings. The predicted octanol–water partition coefficient (Wildman–Crippen LogP) is 1.28. The van der Waals surface area contributed by atoms with E-state index in [1.54, 1.807) is 6.07 Å². The Morgan fingerprint density at radius 2 is 2.10 bits per heavy atom. The van der Waals surface area contributed by atoms with Crippen LogP contribution in [0, 0.1) is 13.8 Å². The number of hydrogen-bond acceptors (Lipinski definition) is 2. The Balaban J connectivity index is 1.75. The van der Waals surface area contributed by atoms with E-state index in [0.29, 0.717) is 18.8 Å². The zero-order valence-electron chi connectivity index (χ0n) is 11.6. The first-order valence-corrected chi connectivity index (χ1v) is 6.77. The molecule has 0 aromatic carbocycles. The van der Waals surface area contributed by atoms with Gasteiger partial charge >= 0.3 is 0 Å². The SMILES string of the molecule is Cc1cc(C)c(C(=O)N2CCC(c3cc(=O)[nH][nH]3)C2)[nH]1. The van der Waals surface area contributed by atoms with Crippen molar-refractivity contribution < 1.29 is 4.79 Å². The van der Waals surface area contributed by atoms with Crippen LogP contribution in [0.25, 0.3) is 0 Å². The number of likely N-dealkylation sites (tertiary alicyclic amines) is 1. The van der Waals surface area contributed by atoms with E-state index in [4.69, 9.17) is 0 Å². The van der Waals surface area contributed by atoms with Crippen LogP contribution in [0.1, 0.15) is 39.8 Å². The lowest BCUT2D eigenvalue weighted by molar-refractivity contribution is 0.0784. The van der Waals surface area contributed by atoms with Crippen molar-refractivity contribution in [2.75, 3.05) is 13.1 Å². The monoisotopic (exact) mass is 274 g/mol. The predicted molar refractivity (Wildman–Crippen MR) is 74.9 cm³/mol. The maximum Gasteiger partial charge on any atom is 0.270 e. The highest BCUT2D eigenvalue weighted by Crippen LogP contribution is 2.26. The number of nitrogens with zero attached hydrogens (tertiary/aromatic N) is 1. The summed E-state index contributed by atoms with van der Waals surface area (Å²) < 4.78 is 0. The molecule has 3 N–H and O–H groups in total. The minimum atomic E-state index is -0.124. The summed E-state index contributed by atoms with van der Waals surface area (Å²) in [7, 11) is 0. The summed E-state index contributed by atoms with van der Waals surface area (Å²) in [5, 5.41) is 5.42. The van der Waals surface area contributed by atoms with Crippen molar-refractivity contribution in [2.24, 2.45) is 0 Å². The number of aromatic amines is 3. The minimum absolute atomic E-state index is 0.0379. The molecule has 0 aliphatic carbocycles. The summed E-state index contributed by atoms with van der Waals surface area (Å²) >= 11 is 0. The zero-order valence-corrected chi connectivity index (χ0v) is 11.6. The molecule has 6 nitrogen and oxygen atoms in total. The fourth-order valence-corrected chi connectivity index (χ4v) is 2.87. The van der Waals surface area contributed by atoms with E-state index in [1.165, 1.54) is 0 Å². The molecule has 6 heteroatoms. The maximum absolute atomic E-state index is 12.5. The van der Waals surface area contributed by atoms with Crippen molar-refractivity contribution in [2.45, 2.75) is 26.2 Å². The van der Waals surface area contributed by atoms with Gasteiger partial charge in [0.15, 0.2) is 0 Å². The van der Waals surface area contributed by atoms with Crippen molar-refractivity contribution in [1.29, 1.82) is 0 Å². The molecule has 1 atom stereocenters. The van der Waals surface area contributed by atoms with Crippen molar-refractivity contribution in [1.82, 2.24) is 20.1 Å². The molecule has 1 amide bonds. The molecule has 1 aliphatic rings. The molecule has 0 spiro atoms. The average Bonchev–Trinajstić information content (AvgIpc) is 3.08. The Hall–Kier alpha value is -2.24. The first-order valence-electron chi connectivity index (χ1n) is 6.77. The van der Waals surface area contributed by atoms with Crippen LogP contribution < -0.4 is 5.56 Å². The molecule has 0 radical (unpaired) electrons. The molecule has 20 heavy (non-hydrogen) atoms. The van der Waals surface area contributed by atoms with E-state index in [-0.39, 0.29) is 17.4 Å². The topological polar surface area (TPSA) is 84.8 Å². The fourth-order valence-electron chi connectivity index (χ4n) is 2.87. The summed E-state index contributed by atoms with van der Waals surface area (Å²) in [6.45, 7) is 5.24. The summed E-state index contributed by atoms with van der Waals surface area (Å²) in [6, 6.07) is 3.55. The van der Waals surface area contributed by atoms with Crippen molar-refractivity contribution in [3.05, 3.63) is 45.1 Å². The van der Waals surface area contributed by atoms with Crippen LogP contribution in [-0.2, 0) is 0 Å². The highest BCUT2D eigenvalue weighted by molar-refractivity contribution is 5.94. The molecule has 1 fully saturated rings. The van der Waals surface area contributed by atoms with Crippen LogP contribution in [0.2, 0.25) is 0 Å². The molecule has 3 rings (SSSR count). The van der Waals surface area contributed by atoms with Gasteiger partial charge in [-0.25, -0.2) is 0 Å². The van der Waals surface area contributed by atoms with Crippen LogP contribution in [-0.4, -0.2) is 39.1 Å². The largest absolute Gasteiger partial charge is 0.354 e. The quantitative estimate of drug-likeness (QED) is 0.770. The van der Waals surface area contributed by atoms with E-state index >= 15 is 0 Å². The second kappa shape index (κ2) is 4.70. The van der Waals surface area contributed by atoms with Gasteiger partial charge in [0.25, 0.3) is 11.5 Å². The lowest BCUT2D eigenvalue weighted by atomic mass is 10.1. The van der Waals surface area contributed by atoms with Gasteiger partial charge < -0.3 is 15.0 Å². The number of carbonyl (C=O) groups excluding carboxylic acids is 1. The summed E-state index contributed by atoms with van der Waals surface area (Å²) in [4.78, 5) is 28.6. The molecule has 0 saturated carbocycles. The Kier molecular flexibility index (Phi) is 3.00. The number of rotatable bonds is 2. The average molecular weight is 274 g/mol. The van der Waals surface area contributed by atoms with Gasteiger partial charge in [-0.15, -0.1) is 0 Å². The van der Waals surface area contributed by atoms with Crippen molar-refractivity contribution >= 4 is 5.91 Å². The number of carbonyl (C=O) groups is 1. The number of amides is 1.